The van der Waals surface area contributed by atoms with E-state index in [0.29, 0.717) is 46.0 Å². The second-order valence-electron chi connectivity index (χ2n) is 8.20. The summed E-state index contributed by atoms with van der Waals surface area (Å²) < 4.78 is 13.3. The predicted octanol–water partition coefficient (Wildman–Crippen LogP) is 5.45. The number of hydrogen-bond acceptors (Lipinski definition) is 6. The van der Waals surface area contributed by atoms with Crippen LogP contribution in [0.2, 0.25) is 5.02 Å². The predicted molar refractivity (Wildman–Crippen MR) is 138 cm³/mol. The van der Waals surface area contributed by atoms with Crippen LogP contribution in [0.4, 0.5) is 11.6 Å². The van der Waals surface area contributed by atoms with Gasteiger partial charge in [0.2, 0.25) is 5.95 Å². The van der Waals surface area contributed by atoms with Gasteiger partial charge in [-0.1, -0.05) is 54.1 Å². The smallest absolute Gasteiger partial charge is 0.255 e. The molecule has 0 spiro atoms. The Morgan fingerprint density at radius 3 is 2.56 bits per heavy atom. The standard InChI is InChI=1S/C27H24ClN5O3/c1-17-24(26(34)32-21-8-4-6-10-23(21)35-2)25(33-27(31-17)29-16-30-33)20-7-3-5-9-22(20)36-15-18-11-13-19(28)14-12-18/h3-14,16,25H,15H2,1-2H3,(H,32,34)(H,29,30,31). The lowest BCUT2D eigenvalue weighted by Crippen LogP contribution is -2.31. The number of benzene rings is 3. The largest absolute Gasteiger partial charge is 0.495 e. The highest BCUT2D eigenvalue weighted by Gasteiger charge is 2.35. The molecule has 1 atom stereocenters. The first kappa shape index (κ1) is 23.4. The van der Waals surface area contributed by atoms with Gasteiger partial charge in [-0.05, 0) is 42.8 Å². The molecule has 36 heavy (non-hydrogen) atoms. The van der Waals surface area contributed by atoms with Gasteiger partial charge in [-0.25, -0.2) is 4.68 Å². The number of fused-ring (bicyclic) bond motifs is 1. The van der Waals surface area contributed by atoms with E-state index in [-0.39, 0.29) is 5.91 Å². The minimum absolute atomic E-state index is 0.289. The van der Waals surface area contributed by atoms with Gasteiger partial charge in [0, 0.05) is 16.3 Å². The first-order valence-corrected chi connectivity index (χ1v) is 11.7. The molecule has 182 valence electrons. The van der Waals surface area contributed by atoms with Gasteiger partial charge in [0.1, 0.15) is 30.5 Å². The van der Waals surface area contributed by atoms with Crippen LogP contribution in [0.3, 0.4) is 0 Å². The van der Waals surface area contributed by atoms with Gasteiger partial charge in [0.05, 0.1) is 18.4 Å². The molecule has 0 bridgehead atoms. The number of aromatic nitrogens is 3. The number of halogens is 1. The highest BCUT2D eigenvalue weighted by molar-refractivity contribution is 6.30. The van der Waals surface area contributed by atoms with Gasteiger partial charge in [-0.15, -0.1) is 0 Å². The molecule has 5 rings (SSSR count). The molecule has 1 unspecified atom stereocenters. The fourth-order valence-corrected chi connectivity index (χ4v) is 4.32. The number of carbonyl (C=O) groups excluding carboxylic acids is 1. The molecule has 0 radical (unpaired) electrons. The van der Waals surface area contributed by atoms with Crippen molar-refractivity contribution >= 4 is 29.1 Å². The molecular weight excluding hydrogens is 478 g/mol. The average Bonchev–Trinajstić information content (AvgIpc) is 3.36. The van der Waals surface area contributed by atoms with Crippen molar-refractivity contribution in [1.29, 1.82) is 0 Å². The SMILES string of the molecule is COc1ccccc1NC(=O)C1=C(C)Nc2ncnn2C1c1ccccc1OCc1ccc(Cl)cc1. The summed E-state index contributed by atoms with van der Waals surface area (Å²) in [7, 11) is 1.57. The van der Waals surface area contributed by atoms with E-state index < -0.39 is 6.04 Å². The number of para-hydroxylation sites is 3. The number of allylic oxidation sites excluding steroid dienone is 1. The van der Waals surface area contributed by atoms with Gasteiger partial charge < -0.3 is 20.1 Å². The van der Waals surface area contributed by atoms with Crippen LogP contribution in [0.25, 0.3) is 0 Å². The van der Waals surface area contributed by atoms with Gasteiger partial charge >= 0.3 is 0 Å². The number of hydrogen-bond donors (Lipinski definition) is 2. The molecule has 0 saturated carbocycles. The van der Waals surface area contributed by atoms with Crippen LogP contribution in [-0.2, 0) is 11.4 Å². The molecule has 1 aliphatic heterocycles. The normalized spacial score (nSPS) is 14.6. The number of rotatable bonds is 7. The third-order valence-corrected chi connectivity index (χ3v) is 6.17. The van der Waals surface area contributed by atoms with E-state index in [0.717, 1.165) is 11.1 Å². The summed E-state index contributed by atoms with van der Waals surface area (Å²) in [5, 5.41) is 11.3. The lowest BCUT2D eigenvalue weighted by Gasteiger charge is -2.30. The number of methoxy groups -OCH3 is 1. The Morgan fingerprint density at radius 2 is 1.78 bits per heavy atom. The summed E-state index contributed by atoms with van der Waals surface area (Å²) in [5.74, 6) is 1.45. The Labute approximate surface area is 213 Å². The number of ether oxygens (including phenoxy) is 2. The summed E-state index contributed by atoms with van der Waals surface area (Å²) in [6.07, 6.45) is 1.46. The van der Waals surface area contributed by atoms with Crippen molar-refractivity contribution in [1.82, 2.24) is 14.8 Å². The molecule has 4 aromatic rings. The van der Waals surface area contributed by atoms with Crippen LogP contribution in [-0.4, -0.2) is 27.8 Å². The molecule has 8 nitrogen and oxygen atoms in total. The fourth-order valence-electron chi connectivity index (χ4n) is 4.19. The van der Waals surface area contributed by atoms with E-state index in [1.165, 1.54) is 6.33 Å². The number of anilines is 2. The van der Waals surface area contributed by atoms with Crippen molar-refractivity contribution in [2.45, 2.75) is 19.6 Å². The second kappa shape index (κ2) is 10.1. The van der Waals surface area contributed by atoms with Gasteiger partial charge in [-0.3, -0.25) is 4.79 Å². The van der Waals surface area contributed by atoms with Gasteiger partial charge in [0.15, 0.2) is 0 Å². The summed E-state index contributed by atoms with van der Waals surface area (Å²) >= 11 is 6.02. The summed E-state index contributed by atoms with van der Waals surface area (Å²) in [6, 6.07) is 21.8. The van der Waals surface area contributed by atoms with Gasteiger partial charge in [-0.2, -0.15) is 10.1 Å². The van der Waals surface area contributed by atoms with Crippen LogP contribution in [0, 0.1) is 0 Å². The van der Waals surface area contributed by atoms with E-state index in [9.17, 15) is 4.79 Å². The van der Waals surface area contributed by atoms with E-state index in [2.05, 4.69) is 20.7 Å². The van der Waals surface area contributed by atoms with Crippen molar-refractivity contribution in [3.8, 4) is 11.5 Å². The summed E-state index contributed by atoms with van der Waals surface area (Å²) in [6.45, 7) is 2.19. The Bertz CT molecular complexity index is 1430. The van der Waals surface area contributed by atoms with Crippen LogP contribution >= 0.6 is 11.6 Å². The summed E-state index contributed by atoms with van der Waals surface area (Å²) in [4.78, 5) is 18.0. The lowest BCUT2D eigenvalue weighted by molar-refractivity contribution is -0.113. The van der Waals surface area contributed by atoms with Crippen molar-refractivity contribution in [3.05, 3.63) is 107 Å². The number of nitrogens with one attached hydrogen (secondary N) is 2. The Hall–Kier alpha value is -4.30. The van der Waals surface area contributed by atoms with Crippen LogP contribution < -0.4 is 20.1 Å². The first-order chi connectivity index (χ1) is 17.5. The highest BCUT2D eigenvalue weighted by atomic mass is 35.5. The van der Waals surface area contributed by atoms with Gasteiger partial charge in [0.25, 0.3) is 5.91 Å². The lowest BCUT2D eigenvalue weighted by atomic mass is 9.94. The molecule has 3 aromatic carbocycles. The average molecular weight is 502 g/mol. The van der Waals surface area contributed by atoms with Crippen LogP contribution in [0.1, 0.15) is 24.1 Å². The third-order valence-electron chi connectivity index (χ3n) is 5.92. The minimum Gasteiger partial charge on any atom is -0.495 e. The molecule has 0 aliphatic carbocycles. The van der Waals surface area contributed by atoms with Crippen molar-refractivity contribution in [2.24, 2.45) is 0 Å². The first-order valence-electron chi connectivity index (χ1n) is 11.3. The van der Waals surface area contributed by atoms with E-state index in [1.54, 1.807) is 23.9 Å². The van der Waals surface area contributed by atoms with E-state index in [4.69, 9.17) is 21.1 Å². The molecule has 1 aliphatic rings. The van der Waals surface area contributed by atoms with E-state index >= 15 is 0 Å². The molecule has 2 N–H and O–H groups in total. The molecule has 1 amide bonds. The maximum absolute atomic E-state index is 13.7. The van der Waals surface area contributed by atoms with Crippen molar-refractivity contribution in [3.63, 3.8) is 0 Å². The number of nitrogens with zero attached hydrogens (tertiary/aromatic N) is 3. The molecule has 0 saturated heterocycles. The van der Waals surface area contributed by atoms with Crippen molar-refractivity contribution < 1.29 is 14.3 Å². The highest BCUT2D eigenvalue weighted by Crippen LogP contribution is 2.39. The quantitative estimate of drug-likeness (QED) is 0.350. The Morgan fingerprint density at radius 1 is 1.06 bits per heavy atom. The van der Waals surface area contributed by atoms with E-state index in [1.807, 2.05) is 67.6 Å². The Balaban J connectivity index is 1.52. The molecule has 2 heterocycles. The zero-order valence-electron chi connectivity index (χ0n) is 19.7. The van der Waals surface area contributed by atoms with Crippen molar-refractivity contribution in [2.75, 3.05) is 17.7 Å². The molecule has 1 aromatic heterocycles. The number of amides is 1. The Kier molecular flexibility index (Phi) is 6.60. The summed E-state index contributed by atoms with van der Waals surface area (Å²) in [5.41, 5.74) is 3.48. The zero-order valence-corrected chi connectivity index (χ0v) is 20.5. The molecular formula is C27H24ClN5O3. The zero-order chi connectivity index (χ0) is 25.1. The maximum Gasteiger partial charge on any atom is 0.255 e. The fraction of sp³-hybridized carbons (Fsp3) is 0.148. The third kappa shape index (κ3) is 4.63. The second-order valence-corrected chi connectivity index (χ2v) is 8.64. The van der Waals surface area contributed by atoms with Crippen LogP contribution in [0.15, 0.2) is 90.4 Å². The molecule has 9 heteroatoms. The molecule has 0 fully saturated rings. The maximum atomic E-state index is 13.7. The van der Waals surface area contributed by atoms with Crippen LogP contribution in [0.5, 0.6) is 11.5 Å². The minimum atomic E-state index is -0.570. The monoisotopic (exact) mass is 501 g/mol. The topological polar surface area (TPSA) is 90.3 Å². The number of carbonyl (C=O) groups is 1.